The zero-order valence-electron chi connectivity index (χ0n) is 15.8. The van der Waals surface area contributed by atoms with Crippen molar-refractivity contribution in [3.8, 4) is 0 Å². The van der Waals surface area contributed by atoms with Gasteiger partial charge < -0.3 is 19.5 Å². The molecular weight excluding hydrogens is 334 g/mol. The van der Waals surface area contributed by atoms with Gasteiger partial charge in [-0.3, -0.25) is 9.59 Å². The summed E-state index contributed by atoms with van der Waals surface area (Å²) in [5.41, 5.74) is 0. The minimum atomic E-state index is -0.172. The highest BCUT2D eigenvalue weighted by atomic mass is 16.5. The van der Waals surface area contributed by atoms with Crippen molar-refractivity contribution in [2.45, 2.75) is 76.4 Å². The number of esters is 1. The fourth-order valence-electron chi connectivity index (χ4n) is 4.28. The van der Waals surface area contributed by atoms with Crippen LogP contribution < -0.4 is 5.32 Å². The molecule has 148 valence electrons. The van der Waals surface area contributed by atoms with Crippen LogP contribution in [0, 0.1) is 11.8 Å². The van der Waals surface area contributed by atoms with Gasteiger partial charge in [0, 0.05) is 39.3 Å². The quantitative estimate of drug-likeness (QED) is 0.731. The molecular formula is C20H33NO5. The Kier molecular flexibility index (Phi) is 7.74. The van der Waals surface area contributed by atoms with Crippen molar-refractivity contribution in [1.29, 1.82) is 0 Å². The first-order valence-corrected chi connectivity index (χ1v) is 10.3. The van der Waals surface area contributed by atoms with Gasteiger partial charge in [0.25, 0.3) is 0 Å². The number of hydrogen-bond donors (Lipinski definition) is 1. The molecule has 3 rings (SSSR count). The molecule has 2 heterocycles. The molecule has 0 unspecified atom stereocenters. The van der Waals surface area contributed by atoms with Crippen LogP contribution in [0.25, 0.3) is 0 Å². The Labute approximate surface area is 156 Å². The smallest absolute Gasteiger partial charge is 0.306 e. The van der Waals surface area contributed by atoms with Crippen LogP contribution in [0.5, 0.6) is 0 Å². The van der Waals surface area contributed by atoms with Crippen LogP contribution in [0.15, 0.2) is 0 Å². The van der Waals surface area contributed by atoms with Crippen LogP contribution in [0.4, 0.5) is 0 Å². The molecule has 3 fully saturated rings. The molecule has 0 radical (unpaired) electrons. The maximum atomic E-state index is 12.4. The first kappa shape index (κ1) is 19.6. The molecule has 26 heavy (non-hydrogen) atoms. The highest BCUT2D eigenvalue weighted by Crippen LogP contribution is 2.25. The molecule has 0 aromatic carbocycles. The van der Waals surface area contributed by atoms with E-state index >= 15 is 0 Å². The number of ether oxygens (including phenoxy) is 3. The van der Waals surface area contributed by atoms with Crippen molar-refractivity contribution in [2.24, 2.45) is 11.8 Å². The molecule has 2 aliphatic heterocycles. The fraction of sp³-hybridized carbons (Fsp3) is 0.900. The van der Waals surface area contributed by atoms with Crippen LogP contribution in [-0.2, 0) is 23.8 Å². The first-order valence-electron chi connectivity index (χ1n) is 10.3. The van der Waals surface area contributed by atoms with Gasteiger partial charge in [0.15, 0.2) is 0 Å². The maximum Gasteiger partial charge on any atom is 0.306 e. The summed E-state index contributed by atoms with van der Waals surface area (Å²) in [6.07, 6.45) is 8.54. The van der Waals surface area contributed by atoms with Gasteiger partial charge in [-0.2, -0.15) is 0 Å². The number of hydrogen-bond acceptors (Lipinski definition) is 5. The molecule has 6 heteroatoms. The predicted molar refractivity (Wildman–Crippen MR) is 96.6 cm³/mol. The number of amides is 1. The third-order valence-corrected chi connectivity index (χ3v) is 5.94. The minimum absolute atomic E-state index is 0.0327. The summed E-state index contributed by atoms with van der Waals surface area (Å²) in [4.78, 5) is 24.8. The van der Waals surface area contributed by atoms with E-state index in [-0.39, 0.29) is 24.0 Å². The lowest BCUT2D eigenvalue weighted by Gasteiger charge is -2.33. The molecule has 2 atom stereocenters. The van der Waals surface area contributed by atoms with E-state index in [0.717, 1.165) is 77.8 Å². The fourth-order valence-corrected chi connectivity index (χ4v) is 4.28. The Hall–Kier alpha value is -1.14. The van der Waals surface area contributed by atoms with Gasteiger partial charge in [-0.15, -0.1) is 0 Å². The van der Waals surface area contributed by atoms with E-state index in [0.29, 0.717) is 24.7 Å². The largest absolute Gasteiger partial charge is 0.460 e. The van der Waals surface area contributed by atoms with E-state index in [1.807, 2.05) is 0 Å². The summed E-state index contributed by atoms with van der Waals surface area (Å²) in [7, 11) is 0. The maximum absolute atomic E-state index is 12.4. The molecule has 0 aromatic rings. The number of carbonyl (C=O) groups excluding carboxylic acids is 2. The topological polar surface area (TPSA) is 73.9 Å². The second kappa shape index (κ2) is 10.3. The van der Waals surface area contributed by atoms with Crippen molar-refractivity contribution in [3.05, 3.63) is 0 Å². The zero-order chi connectivity index (χ0) is 18.2. The average molecular weight is 367 g/mol. The Morgan fingerprint density at radius 2 is 1.38 bits per heavy atom. The lowest BCUT2D eigenvalue weighted by atomic mass is 9.91. The summed E-state index contributed by atoms with van der Waals surface area (Å²) < 4.78 is 16.5. The third kappa shape index (κ3) is 6.23. The number of nitrogens with one attached hydrogen (secondary N) is 1. The predicted octanol–water partition coefficient (Wildman–Crippen LogP) is 2.59. The lowest BCUT2D eigenvalue weighted by molar-refractivity contribution is -0.154. The van der Waals surface area contributed by atoms with Crippen LogP contribution in [0.3, 0.4) is 0 Å². The summed E-state index contributed by atoms with van der Waals surface area (Å²) >= 11 is 0. The van der Waals surface area contributed by atoms with Gasteiger partial charge in [0.1, 0.15) is 6.10 Å². The van der Waals surface area contributed by atoms with Gasteiger partial charge in [0.05, 0.1) is 6.04 Å². The molecule has 0 aromatic heterocycles. The van der Waals surface area contributed by atoms with Crippen molar-refractivity contribution in [2.75, 3.05) is 26.4 Å². The SMILES string of the molecule is O=C(CC1CCOCC1)N[C@H]1CCCC[C@H]1OC(=O)CC1CCOCC1. The zero-order valence-corrected chi connectivity index (χ0v) is 15.8. The molecule has 2 saturated heterocycles. The molecule has 1 N–H and O–H groups in total. The molecule has 0 bridgehead atoms. The van der Waals surface area contributed by atoms with Crippen molar-refractivity contribution in [3.63, 3.8) is 0 Å². The highest BCUT2D eigenvalue weighted by Gasteiger charge is 2.31. The van der Waals surface area contributed by atoms with E-state index in [2.05, 4.69) is 5.32 Å². The second-order valence-electron chi connectivity index (χ2n) is 8.01. The van der Waals surface area contributed by atoms with Crippen LogP contribution >= 0.6 is 0 Å². The Morgan fingerprint density at radius 3 is 2.04 bits per heavy atom. The minimum Gasteiger partial charge on any atom is -0.460 e. The molecule has 1 amide bonds. The van der Waals surface area contributed by atoms with Crippen molar-refractivity contribution >= 4 is 11.9 Å². The molecule has 1 saturated carbocycles. The van der Waals surface area contributed by atoms with E-state index in [1.165, 1.54) is 0 Å². The van der Waals surface area contributed by atoms with Crippen molar-refractivity contribution < 1.29 is 23.8 Å². The Morgan fingerprint density at radius 1 is 0.808 bits per heavy atom. The summed E-state index contributed by atoms with van der Waals surface area (Å²) in [5.74, 6) is 0.769. The second-order valence-corrected chi connectivity index (χ2v) is 8.01. The molecule has 0 spiro atoms. The van der Waals surface area contributed by atoms with Gasteiger partial charge in [0.2, 0.25) is 5.91 Å². The van der Waals surface area contributed by atoms with Gasteiger partial charge in [-0.05, 0) is 56.8 Å². The number of carbonyl (C=O) groups is 2. The standard InChI is InChI=1S/C20H33NO5/c22-19(13-15-5-9-24-10-6-15)21-17-3-1-2-4-18(17)26-20(23)14-16-7-11-25-12-8-16/h15-18H,1-14H2,(H,21,22)/t17-,18+/m0/s1. The van der Waals surface area contributed by atoms with E-state index in [1.54, 1.807) is 0 Å². The van der Waals surface area contributed by atoms with Gasteiger partial charge in [-0.1, -0.05) is 6.42 Å². The first-order chi connectivity index (χ1) is 12.7. The van der Waals surface area contributed by atoms with E-state index in [9.17, 15) is 9.59 Å². The monoisotopic (exact) mass is 367 g/mol. The van der Waals surface area contributed by atoms with Crippen molar-refractivity contribution in [1.82, 2.24) is 5.32 Å². The summed E-state index contributed by atoms with van der Waals surface area (Å²) in [6, 6.07) is -0.0327. The van der Waals surface area contributed by atoms with E-state index < -0.39 is 0 Å². The molecule has 6 nitrogen and oxygen atoms in total. The average Bonchev–Trinajstić information content (AvgIpc) is 2.65. The van der Waals surface area contributed by atoms with E-state index in [4.69, 9.17) is 14.2 Å². The lowest BCUT2D eigenvalue weighted by Crippen LogP contribution is -2.47. The normalized spacial score (nSPS) is 28.5. The molecule has 1 aliphatic carbocycles. The summed E-state index contributed by atoms with van der Waals surface area (Å²) in [6.45, 7) is 3.00. The van der Waals surface area contributed by atoms with Crippen LogP contribution in [-0.4, -0.2) is 50.4 Å². The highest BCUT2D eigenvalue weighted by molar-refractivity contribution is 5.76. The summed E-state index contributed by atoms with van der Waals surface area (Å²) in [5, 5.41) is 3.15. The number of rotatable bonds is 6. The van der Waals surface area contributed by atoms with Crippen LogP contribution in [0.1, 0.15) is 64.2 Å². The Bertz CT molecular complexity index is 415. The van der Waals surface area contributed by atoms with Gasteiger partial charge in [-0.25, -0.2) is 0 Å². The van der Waals surface area contributed by atoms with Crippen LogP contribution in [0.2, 0.25) is 0 Å². The Balaban J connectivity index is 1.44. The third-order valence-electron chi connectivity index (χ3n) is 5.94. The molecule has 3 aliphatic rings. The van der Waals surface area contributed by atoms with Gasteiger partial charge >= 0.3 is 5.97 Å².